The SMILES string of the molecule is CCCCCCCCCCc1ccc(C#CC#Cc2cc(C#CC#Cc3ccc(CCCCCCCCCC)cc3C#C[Si](C)(C)C)c(C#CC#Cc3ccc(CCCCCCCCCC)cc3C#C[Si](C)(C)C)cc2C#CC#Cc2ccc(CCCCCCCCCC)cc2C#C[Si](C)(C)C)c(C#C[Si](C)(C)C)c1. The highest BCUT2D eigenvalue weighted by Gasteiger charge is 2.14. The first kappa shape index (κ1) is 92.3. The van der Waals surface area contributed by atoms with Crippen LogP contribution in [0.4, 0.5) is 0 Å². The average Bonchev–Trinajstić information content (AvgIpc) is 0.822. The predicted octanol–water partition coefficient (Wildman–Crippen LogP) is 26.9. The van der Waals surface area contributed by atoms with Crippen molar-refractivity contribution < 1.29 is 0 Å². The molecule has 0 fully saturated rings. The second-order valence-electron chi connectivity index (χ2n) is 34.4. The molecular formula is C106H134Si4. The molecule has 0 aliphatic heterocycles. The number of benzene rings is 5. The molecular weight excluding hydrogens is 1390 g/mol. The predicted molar refractivity (Wildman–Crippen MR) is 493 cm³/mol. The molecule has 0 bridgehead atoms. The Morgan fingerprint density at radius 3 is 0.500 bits per heavy atom. The van der Waals surface area contributed by atoms with Crippen molar-refractivity contribution >= 4 is 32.3 Å². The summed E-state index contributed by atoms with van der Waals surface area (Å²) in [5.41, 5.74) is 29.8. The summed E-state index contributed by atoms with van der Waals surface area (Å²) in [5.74, 6) is 67.9. The molecule has 4 heteroatoms. The van der Waals surface area contributed by atoms with Gasteiger partial charge in [-0.3, -0.25) is 0 Å². The molecule has 5 rings (SSSR count). The van der Waals surface area contributed by atoms with Crippen LogP contribution < -0.4 is 0 Å². The number of unbranched alkanes of at least 4 members (excludes halogenated alkanes) is 28. The van der Waals surface area contributed by atoms with Gasteiger partial charge in [0.25, 0.3) is 0 Å². The van der Waals surface area contributed by atoms with Crippen LogP contribution in [0.3, 0.4) is 0 Å². The molecule has 0 atom stereocenters. The summed E-state index contributed by atoms with van der Waals surface area (Å²) < 4.78 is 0. The molecule has 0 saturated heterocycles. The Hall–Kier alpha value is -8.31. The summed E-state index contributed by atoms with van der Waals surface area (Å²) in [5, 5.41) is 0. The van der Waals surface area contributed by atoms with Crippen LogP contribution in [-0.4, -0.2) is 32.3 Å². The van der Waals surface area contributed by atoms with Gasteiger partial charge in [-0.25, -0.2) is 0 Å². The van der Waals surface area contributed by atoms with Crippen LogP contribution in [0.15, 0.2) is 84.9 Å². The third kappa shape index (κ3) is 42.2. The standard InChI is InChI=1S/C106H134Si4/c1-17-21-25-29-33-37-41-45-57-91-69-73-95(103(85-91)77-81-107(5,6)7)61-49-53-65-99-89-101(67-55-51-63-97-75-71-93(87-105(97)79-83-109(11,12)13)59-47-43-39-35-31-27-23-19-3)102(68-56-52-64-98-76-72-94(88-106(98)80-84-110(14,15)16)60-48-44-40-36-32-28-24-20-4)90-100(99)66-54-50-62-96-74-70-92(86-104(96)78-82-108(8,9)10)58-46-42-38-34-30-26-22-18-2/h69-76,85-90H,17-48,57-60H2,1-16H3. The van der Waals surface area contributed by atoms with E-state index in [0.29, 0.717) is 22.3 Å². The summed E-state index contributed by atoms with van der Waals surface area (Å²) in [4.78, 5) is 0. The van der Waals surface area contributed by atoms with E-state index in [-0.39, 0.29) is 0 Å². The lowest BCUT2D eigenvalue weighted by Gasteiger charge is -2.07. The van der Waals surface area contributed by atoms with Crippen molar-refractivity contribution in [3.8, 4) is 141 Å². The maximum absolute atomic E-state index is 3.63. The number of hydrogen-bond donors (Lipinski definition) is 0. The molecule has 0 aliphatic carbocycles. The quantitative estimate of drug-likeness (QED) is 0.0213. The minimum absolute atomic E-state index is 0.655. The van der Waals surface area contributed by atoms with Gasteiger partial charge < -0.3 is 0 Å². The molecule has 0 saturated carbocycles. The summed E-state index contributed by atoms with van der Waals surface area (Å²) >= 11 is 0. The zero-order valence-electron chi connectivity index (χ0n) is 71.5. The highest BCUT2D eigenvalue weighted by atomic mass is 28.3. The van der Waals surface area contributed by atoms with Gasteiger partial charge in [-0.05, 0) is 182 Å². The second kappa shape index (κ2) is 52.8. The summed E-state index contributed by atoms with van der Waals surface area (Å²) in [6.45, 7) is 36.6. The number of aryl methyl sites for hydroxylation is 4. The molecule has 5 aromatic carbocycles. The highest BCUT2D eigenvalue weighted by Crippen LogP contribution is 2.23. The Labute approximate surface area is 679 Å². The molecule has 5 aromatic rings. The summed E-state index contributed by atoms with van der Waals surface area (Å²) in [6.07, 6.45) is 45.5. The van der Waals surface area contributed by atoms with Gasteiger partial charge in [0.15, 0.2) is 0 Å². The fourth-order valence-corrected chi connectivity index (χ4v) is 14.5. The third-order valence-electron chi connectivity index (χ3n) is 18.9. The Kier molecular flexibility index (Phi) is 44.3. The molecule has 110 heavy (non-hydrogen) atoms. The first-order chi connectivity index (χ1) is 52.9. The summed E-state index contributed by atoms with van der Waals surface area (Å²) in [7, 11) is -6.81. The molecule has 0 aromatic heterocycles. The largest absolute Gasteiger partial charge is 0.129 e. The van der Waals surface area contributed by atoms with Gasteiger partial charge in [-0.2, -0.15) is 0 Å². The van der Waals surface area contributed by atoms with E-state index >= 15 is 0 Å². The zero-order chi connectivity index (χ0) is 79.6. The van der Waals surface area contributed by atoms with E-state index in [1.165, 1.54) is 228 Å². The fourth-order valence-electron chi connectivity index (χ4n) is 12.5. The minimum Gasteiger partial charge on any atom is -0.127 e. The third-order valence-corrected chi connectivity index (χ3v) is 22.4. The maximum atomic E-state index is 3.63. The molecule has 0 aliphatic rings. The van der Waals surface area contributed by atoms with E-state index in [1.807, 2.05) is 12.1 Å². The highest BCUT2D eigenvalue weighted by molar-refractivity contribution is 6.85. The van der Waals surface area contributed by atoms with Gasteiger partial charge in [-0.1, -0.05) is 381 Å². The molecule has 0 radical (unpaired) electrons. The average molecular weight is 1520 g/mol. The van der Waals surface area contributed by atoms with E-state index in [1.54, 1.807) is 0 Å². The second-order valence-corrected chi connectivity index (χ2v) is 53.4. The van der Waals surface area contributed by atoms with E-state index < -0.39 is 32.3 Å². The number of hydrogen-bond acceptors (Lipinski definition) is 0. The van der Waals surface area contributed by atoms with Crippen LogP contribution >= 0.6 is 0 Å². The smallest absolute Gasteiger partial charge is 0.127 e. The first-order valence-electron chi connectivity index (χ1n) is 42.8. The Balaban J connectivity index is 1.71. The lowest BCUT2D eigenvalue weighted by atomic mass is 9.98. The molecule has 0 nitrogen and oxygen atoms in total. The zero-order valence-corrected chi connectivity index (χ0v) is 75.5. The van der Waals surface area contributed by atoms with Crippen molar-refractivity contribution in [2.24, 2.45) is 0 Å². The van der Waals surface area contributed by atoms with Gasteiger partial charge in [0.1, 0.15) is 32.3 Å². The van der Waals surface area contributed by atoms with Crippen molar-refractivity contribution in [1.29, 1.82) is 0 Å². The monoisotopic (exact) mass is 1520 g/mol. The molecule has 0 unspecified atom stereocenters. The maximum Gasteiger partial charge on any atom is 0.129 e. The van der Waals surface area contributed by atoms with Crippen molar-refractivity contribution in [2.45, 2.75) is 337 Å². The van der Waals surface area contributed by atoms with Gasteiger partial charge in [0.2, 0.25) is 0 Å². The Bertz CT molecular complexity index is 3980. The topological polar surface area (TPSA) is 0 Å². The van der Waals surface area contributed by atoms with Gasteiger partial charge >= 0.3 is 0 Å². The van der Waals surface area contributed by atoms with E-state index in [0.717, 1.165) is 70.2 Å². The van der Waals surface area contributed by atoms with Crippen LogP contribution in [0.5, 0.6) is 0 Å². The molecule has 0 spiro atoms. The minimum atomic E-state index is -1.70. The molecule has 0 N–H and O–H groups in total. The molecule has 0 amide bonds. The van der Waals surface area contributed by atoms with E-state index in [9.17, 15) is 0 Å². The van der Waals surface area contributed by atoms with Gasteiger partial charge in [0.05, 0.1) is 0 Å². The molecule has 574 valence electrons. The fraction of sp³-hybridized carbons (Fsp3) is 0.491. The van der Waals surface area contributed by atoms with E-state index in [4.69, 9.17) is 0 Å². The first-order valence-corrected chi connectivity index (χ1v) is 56.8. The lowest BCUT2D eigenvalue weighted by Crippen LogP contribution is -2.16. The van der Waals surface area contributed by atoms with Gasteiger partial charge in [-0.15, -0.1) is 22.2 Å². The normalized spacial score (nSPS) is 10.6. The van der Waals surface area contributed by atoms with Crippen molar-refractivity contribution in [3.63, 3.8) is 0 Å². The van der Waals surface area contributed by atoms with Crippen LogP contribution in [0.25, 0.3) is 0 Å². The lowest BCUT2D eigenvalue weighted by molar-refractivity contribution is 0.575. The van der Waals surface area contributed by atoms with E-state index in [2.05, 4.69) is 320 Å². The van der Waals surface area contributed by atoms with Crippen molar-refractivity contribution in [2.75, 3.05) is 0 Å². The van der Waals surface area contributed by atoms with Gasteiger partial charge in [0, 0.05) is 66.8 Å². The van der Waals surface area contributed by atoms with Crippen LogP contribution in [-0.2, 0) is 25.7 Å². The van der Waals surface area contributed by atoms with Crippen molar-refractivity contribution in [3.05, 3.63) is 174 Å². The number of rotatable bonds is 36. The van der Waals surface area contributed by atoms with Crippen molar-refractivity contribution in [1.82, 2.24) is 0 Å². The Morgan fingerprint density at radius 2 is 0.327 bits per heavy atom. The van der Waals surface area contributed by atoms with Crippen LogP contribution in [0.2, 0.25) is 78.6 Å². The van der Waals surface area contributed by atoms with Crippen LogP contribution in [0, 0.1) is 141 Å². The van der Waals surface area contributed by atoms with Crippen LogP contribution in [0.1, 0.15) is 322 Å². The Morgan fingerprint density at radius 1 is 0.173 bits per heavy atom. The molecule has 0 heterocycles. The summed E-state index contributed by atoms with van der Waals surface area (Å²) in [6, 6.07) is 30.5.